The Labute approximate surface area is 96.8 Å². The van der Waals surface area contributed by atoms with Crippen LogP contribution in [0.25, 0.3) is 0 Å². The Bertz CT molecular complexity index is 399. The predicted molar refractivity (Wildman–Crippen MR) is 65.8 cm³/mol. The van der Waals surface area contributed by atoms with Crippen LogP contribution in [0.5, 0.6) is 0 Å². The molecule has 0 aliphatic heterocycles. The molecule has 16 heavy (non-hydrogen) atoms. The van der Waals surface area contributed by atoms with E-state index in [4.69, 9.17) is 0 Å². The van der Waals surface area contributed by atoms with Crippen molar-refractivity contribution in [2.75, 3.05) is 12.4 Å². The van der Waals surface area contributed by atoms with Crippen LogP contribution in [0, 0.1) is 20.8 Å². The lowest BCUT2D eigenvalue weighted by atomic mass is 10.0. The smallest absolute Gasteiger partial charge is 0.327 e. The minimum absolute atomic E-state index is 0.251. The van der Waals surface area contributed by atoms with Crippen molar-refractivity contribution in [2.24, 2.45) is 0 Å². The molecule has 0 saturated carbocycles. The van der Waals surface area contributed by atoms with Crippen LogP contribution in [-0.2, 0) is 9.53 Å². The number of rotatable bonds is 3. The van der Waals surface area contributed by atoms with E-state index < -0.39 is 0 Å². The third-order valence-corrected chi connectivity index (χ3v) is 2.74. The van der Waals surface area contributed by atoms with Gasteiger partial charge >= 0.3 is 5.97 Å². The average molecular weight is 221 g/mol. The minimum Gasteiger partial charge on any atom is -0.467 e. The fourth-order valence-corrected chi connectivity index (χ4v) is 1.66. The number of methoxy groups -OCH3 is 1. The third-order valence-electron chi connectivity index (χ3n) is 2.74. The Morgan fingerprint density at radius 3 is 2.50 bits per heavy atom. The zero-order valence-corrected chi connectivity index (χ0v) is 10.5. The van der Waals surface area contributed by atoms with Gasteiger partial charge in [0.25, 0.3) is 0 Å². The van der Waals surface area contributed by atoms with Crippen LogP contribution in [0.1, 0.15) is 23.6 Å². The second kappa shape index (κ2) is 5.01. The summed E-state index contributed by atoms with van der Waals surface area (Å²) in [4.78, 5) is 11.3. The molecule has 0 bridgehead atoms. The van der Waals surface area contributed by atoms with Gasteiger partial charge in [0.1, 0.15) is 6.04 Å². The molecule has 0 amide bonds. The molecule has 0 heterocycles. The number of hydrogen-bond donors (Lipinski definition) is 1. The van der Waals surface area contributed by atoms with Crippen molar-refractivity contribution in [1.29, 1.82) is 0 Å². The molecule has 0 fully saturated rings. The second-order valence-corrected chi connectivity index (χ2v) is 4.14. The summed E-state index contributed by atoms with van der Waals surface area (Å²) in [6.45, 7) is 7.95. The van der Waals surface area contributed by atoms with E-state index in [1.807, 2.05) is 19.9 Å². The summed E-state index contributed by atoms with van der Waals surface area (Å²) in [5.41, 5.74) is 4.57. The number of ether oxygens (including phenoxy) is 1. The van der Waals surface area contributed by atoms with Crippen LogP contribution in [-0.4, -0.2) is 19.1 Å². The van der Waals surface area contributed by atoms with Gasteiger partial charge in [0.15, 0.2) is 0 Å². The molecular formula is C13H19NO2. The highest BCUT2D eigenvalue weighted by molar-refractivity contribution is 5.79. The lowest BCUT2D eigenvalue weighted by Gasteiger charge is -2.17. The molecule has 1 aromatic rings. The lowest BCUT2D eigenvalue weighted by Crippen LogP contribution is -2.27. The van der Waals surface area contributed by atoms with Gasteiger partial charge in [0.05, 0.1) is 7.11 Å². The summed E-state index contributed by atoms with van der Waals surface area (Å²) in [6.07, 6.45) is 0. The molecule has 0 aliphatic carbocycles. The summed E-state index contributed by atoms with van der Waals surface area (Å²) < 4.78 is 4.68. The maximum atomic E-state index is 11.3. The number of esters is 1. The highest BCUT2D eigenvalue weighted by Crippen LogP contribution is 2.21. The third kappa shape index (κ3) is 2.75. The zero-order chi connectivity index (χ0) is 12.3. The molecule has 1 N–H and O–H groups in total. The molecule has 3 heteroatoms. The van der Waals surface area contributed by atoms with Crippen molar-refractivity contribution in [3.8, 4) is 0 Å². The Kier molecular flexibility index (Phi) is 3.93. The van der Waals surface area contributed by atoms with Gasteiger partial charge < -0.3 is 10.1 Å². The maximum absolute atomic E-state index is 11.3. The average Bonchev–Trinajstić information content (AvgIpc) is 2.23. The van der Waals surface area contributed by atoms with Crippen molar-refractivity contribution in [3.63, 3.8) is 0 Å². The highest BCUT2D eigenvalue weighted by Gasteiger charge is 2.14. The fourth-order valence-electron chi connectivity index (χ4n) is 1.66. The standard InChI is InChI=1S/C13H19NO2/c1-8-6-9(2)10(3)12(7-8)14-11(4)13(15)16-5/h6-7,11,14H,1-5H3/t11-/m0/s1. The van der Waals surface area contributed by atoms with Crippen LogP contribution in [0.4, 0.5) is 5.69 Å². The molecule has 0 unspecified atom stereocenters. The first-order valence-corrected chi connectivity index (χ1v) is 5.38. The van der Waals surface area contributed by atoms with E-state index in [0.29, 0.717) is 0 Å². The first-order valence-electron chi connectivity index (χ1n) is 5.38. The van der Waals surface area contributed by atoms with Gasteiger partial charge in [0, 0.05) is 5.69 Å². The van der Waals surface area contributed by atoms with Gasteiger partial charge in [-0.1, -0.05) is 6.07 Å². The van der Waals surface area contributed by atoms with Gasteiger partial charge in [0.2, 0.25) is 0 Å². The van der Waals surface area contributed by atoms with Crippen LogP contribution in [0.2, 0.25) is 0 Å². The summed E-state index contributed by atoms with van der Waals surface area (Å²) in [5, 5.41) is 3.17. The van der Waals surface area contributed by atoms with Crippen LogP contribution < -0.4 is 5.32 Å². The molecule has 0 saturated heterocycles. The van der Waals surface area contributed by atoms with Gasteiger partial charge in [-0.3, -0.25) is 0 Å². The predicted octanol–water partition coefficient (Wildman–Crippen LogP) is 2.59. The molecular weight excluding hydrogens is 202 g/mol. The number of carbonyl (C=O) groups excluding carboxylic acids is 1. The maximum Gasteiger partial charge on any atom is 0.327 e. The summed E-state index contributed by atoms with van der Waals surface area (Å²) in [5.74, 6) is -0.251. The van der Waals surface area contributed by atoms with E-state index >= 15 is 0 Å². The minimum atomic E-state index is -0.329. The first kappa shape index (κ1) is 12.6. The summed E-state index contributed by atoms with van der Waals surface area (Å²) in [6, 6.07) is 3.84. The SMILES string of the molecule is COC(=O)[C@H](C)Nc1cc(C)cc(C)c1C. The van der Waals surface area contributed by atoms with Gasteiger partial charge in [-0.15, -0.1) is 0 Å². The lowest BCUT2D eigenvalue weighted by molar-refractivity contribution is -0.141. The van der Waals surface area contributed by atoms with Crippen LogP contribution in [0.3, 0.4) is 0 Å². The Morgan fingerprint density at radius 1 is 1.31 bits per heavy atom. The van der Waals surface area contributed by atoms with Crippen LogP contribution >= 0.6 is 0 Å². The van der Waals surface area contributed by atoms with Crippen LogP contribution in [0.15, 0.2) is 12.1 Å². The van der Waals surface area contributed by atoms with Crippen molar-refractivity contribution in [2.45, 2.75) is 33.7 Å². The summed E-state index contributed by atoms with van der Waals surface area (Å²) >= 11 is 0. The number of nitrogens with one attached hydrogen (secondary N) is 1. The van der Waals surface area contributed by atoms with E-state index in [2.05, 4.69) is 23.0 Å². The molecule has 0 aromatic heterocycles. The summed E-state index contributed by atoms with van der Waals surface area (Å²) in [7, 11) is 1.40. The molecule has 0 radical (unpaired) electrons. The zero-order valence-electron chi connectivity index (χ0n) is 10.5. The van der Waals surface area contributed by atoms with Gasteiger partial charge in [-0.05, 0) is 50.5 Å². The Balaban J connectivity index is 2.93. The number of anilines is 1. The van der Waals surface area contributed by atoms with E-state index in [9.17, 15) is 4.79 Å². The highest BCUT2D eigenvalue weighted by atomic mass is 16.5. The quantitative estimate of drug-likeness (QED) is 0.797. The molecule has 3 nitrogen and oxygen atoms in total. The fraction of sp³-hybridized carbons (Fsp3) is 0.462. The molecule has 0 aliphatic rings. The van der Waals surface area contributed by atoms with Gasteiger partial charge in [-0.25, -0.2) is 4.79 Å². The Hall–Kier alpha value is -1.51. The van der Waals surface area contributed by atoms with Crippen molar-refractivity contribution in [3.05, 3.63) is 28.8 Å². The van der Waals surface area contributed by atoms with E-state index in [1.54, 1.807) is 6.92 Å². The topological polar surface area (TPSA) is 38.3 Å². The number of hydrogen-bond acceptors (Lipinski definition) is 3. The van der Waals surface area contributed by atoms with E-state index in [-0.39, 0.29) is 12.0 Å². The molecule has 0 spiro atoms. The number of carbonyl (C=O) groups is 1. The Morgan fingerprint density at radius 2 is 1.94 bits per heavy atom. The van der Waals surface area contributed by atoms with Crippen molar-refractivity contribution in [1.82, 2.24) is 0 Å². The normalized spacial score (nSPS) is 12.1. The number of aryl methyl sites for hydroxylation is 2. The van der Waals surface area contributed by atoms with Crippen molar-refractivity contribution < 1.29 is 9.53 Å². The van der Waals surface area contributed by atoms with E-state index in [1.165, 1.54) is 23.8 Å². The largest absolute Gasteiger partial charge is 0.467 e. The molecule has 1 aromatic carbocycles. The van der Waals surface area contributed by atoms with Crippen molar-refractivity contribution >= 4 is 11.7 Å². The van der Waals surface area contributed by atoms with E-state index in [0.717, 1.165) is 5.69 Å². The molecule has 1 atom stereocenters. The van der Waals surface area contributed by atoms with Gasteiger partial charge in [-0.2, -0.15) is 0 Å². The monoisotopic (exact) mass is 221 g/mol. The second-order valence-electron chi connectivity index (χ2n) is 4.14. The molecule has 88 valence electrons. The first-order chi connectivity index (χ1) is 7.45. The number of benzene rings is 1. The molecule has 1 rings (SSSR count).